The third kappa shape index (κ3) is 2.89. The highest BCUT2D eigenvalue weighted by Crippen LogP contribution is 2.13. The third-order valence-electron chi connectivity index (χ3n) is 2.82. The highest BCUT2D eigenvalue weighted by molar-refractivity contribution is 7.09. The summed E-state index contributed by atoms with van der Waals surface area (Å²) in [6.07, 6.45) is 5.58. The van der Waals surface area contributed by atoms with Crippen LogP contribution < -0.4 is 5.32 Å². The van der Waals surface area contributed by atoms with Crippen molar-refractivity contribution in [1.29, 1.82) is 0 Å². The quantitative estimate of drug-likeness (QED) is 0.775. The van der Waals surface area contributed by atoms with Crippen molar-refractivity contribution in [2.24, 2.45) is 0 Å². The van der Waals surface area contributed by atoms with Gasteiger partial charge < -0.3 is 5.32 Å². The van der Waals surface area contributed by atoms with Gasteiger partial charge in [-0.1, -0.05) is 18.2 Å². The summed E-state index contributed by atoms with van der Waals surface area (Å²) in [6.45, 7) is 1.60. The number of aromatic nitrogens is 3. The van der Waals surface area contributed by atoms with E-state index in [1.165, 1.54) is 5.56 Å². The molecule has 0 amide bonds. The second-order valence-electron chi connectivity index (χ2n) is 4.11. The Labute approximate surface area is 115 Å². The van der Waals surface area contributed by atoms with Gasteiger partial charge in [-0.05, 0) is 17.7 Å². The van der Waals surface area contributed by atoms with Gasteiger partial charge in [0, 0.05) is 37.1 Å². The zero-order chi connectivity index (χ0) is 12.9. The van der Waals surface area contributed by atoms with Gasteiger partial charge in [0.15, 0.2) is 0 Å². The predicted molar refractivity (Wildman–Crippen MR) is 76.2 cm³/mol. The molecule has 0 saturated heterocycles. The van der Waals surface area contributed by atoms with Crippen molar-refractivity contribution >= 4 is 11.3 Å². The van der Waals surface area contributed by atoms with Crippen LogP contribution in [0.5, 0.6) is 0 Å². The maximum Gasteiger partial charge on any atom is 0.106 e. The number of nitrogens with one attached hydrogen (secondary N) is 1. The summed E-state index contributed by atoms with van der Waals surface area (Å²) in [5.41, 5.74) is 2.34. The van der Waals surface area contributed by atoms with E-state index in [1.54, 1.807) is 17.5 Å². The van der Waals surface area contributed by atoms with E-state index in [9.17, 15) is 0 Å². The van der Waals surface area contributed by atoms with E-state index in [-0.39, 0.29) is 0 Å². The molecule has 0 radical (unpaired) electrons. The topological polar surface area (TPSA) is 42.7 Å². The van der Waals surface area contributed by atoms with Crippen LogP contribution in [-0.2, 0) is 13.1 Å². The van der Waals surface area contributed by atoms with Crippen molar-refractivity contribution in [2.45, 2.75) is 13.1 Å². The molecule has 0 aliphatic rings. The summed E-state index contributed by atoms with van der Waals surface area (Å²) >= 11 is 1.67. The van der Waals surface area contributed by atoms with E-state index in [0.717, 1.165) is 23.8 Å². The van der Waals surface area contributed by atoms with Crippen LogP contribution in [0.4, 0.5) is 0 Å². The molecule has 0 saturated carbocycles. The molecule has 0 aliphatic carbocycles. The van der Waals surface area contributed by atoms with Gasteiger partial charge in [0.1, 0.15) is 5.01 Å². The number of nitrogens with zero attached hydrogens (tertiary/aromatic N) is 3. The molecule has 96 valence electrons. The number of rotatable bonds is 5. The van der Waals surface area contributed by atoms with Gasteiger partial charge in [-0.2, -0.15) is 5.10 Å². The highest BCUT2D eigenvalue weighted by Gasteiger charge is 2.04. The second kappa shape index (κ2) is 5.77. The summed E-state index contributed by atoms with van der Waals surface area (Å²) in [7, 11) is 0. The molecule has 0 aliphatic heterocycles. The van der Waals surface area contributed by atoms with Crippen molar-refractivity contribution in [3.63, 3.8) is 0 Å². The number of hydrogen-bond donors (Lipinski definition) is 1. The lowest BCUT2D eigenvalue weighted by Crippen LogP contribution is -2.14. The van der Waals surface area contributed by atoms with Crippen LogP contribution in [-0.4, -0.2) is 14.8 Å². The van der Waals surface area contributed by atoms with E-state index in [2.05, 4.69) is 27.5 Å². The van der Waals surface area contributed by atoms with Crippen LogP contribution in [0, 0.1) is 0 Å². The minimum Gasteiger partial charge on any atom is -0.306 e. The Balaban J connectivity index is 1.71. The fourth-order valence-corrected chi connectivity index (χ4v) is 2.53. The predicted octanol–water partition coefficient (Wildman–Crippen LogP) is 2.62. The fraction of sp³-hybridized carbons (Fsp3) is 0.143. The molecule has 0 bridgehead atoms. The molecule has 0 atom stereocenters. The maximum atomic E-state index is 4.28. The summed E-state index contributed by atoms with van der Waals surface area (Å²) in [5.74, 6) is 0. The molecule has 2 aromatic heterocycles. The van der Waals surface area contributed by atoms with Gasteiger partial charge in [-0.3, -0.25) is 0 Å². The first kappa shape index (κ1) is 12.1. The second-order valence-corrected chi connectivity index (χ2v) is 5.09. The zero-order valence-electron chi connectivity index (χ0n) is 10.4. The molecule has 19 heavy (non-hydrogen) atoms. The van der Waals surface area contributed by atoms with E-state index in [4.69, 9.17) is 0 Å². The van der Waals surface area contributed by atoms with Crippen LogP contribution >= 0.6 is 11.3 Å². The monoisotopic (exact) mass is 270 g/mol. The van der Waals surface area contributed by atoms with Gasteiger partial charge in [-0.25, -0.2) is 9.67 Å². The van der Waals surface area contributed by atoms with Crippen LogP contribution in [0.25, 0.3) is 5.69 Å². The van der Waals surface area contributed by atoms with E-state index >= 15 is 0 Å². The van der Waals surface area contributed by atoms with E-state index in [1.807, 2.05) is 40.7 Å². The fourth-order valence-electron chi connectivity index (χ4n) is 1.94. The Morgan fingerprint density at radius 3 is 2.84 bits per heavy atom. The van der Waals surface area contributed by atoms with Crippen molar-refractivity contribution in [1.82, 2.24) is 20.1 Å². The summed E-state index contributed by atoms with van der Waals surface area (Å²) in [6, 6.07) is 10.2. The smallest absolute Gasteiger partial charge is 0.106 e. The first-order valence-electron chi connectivity index (χ1n) is 6.10. The molecule has 5 heteroatoms. The largest absolute Gasteiger partial charge is 0.306 e. The van der Waals surface area contributed by atoms with Gasteiger partial charge in [0.25, 0.3) is 0 Å². The van der Waals surface area contributed by atoms with Crippen molar-refractivity contribution in [3.8, 4) is 5.69 Å². The molecule has 3 rings (SSSR count). The molecule has 0 fully saturated rings. The lowest BCUT2D eigenvalue weighted by atomic mass is 10.2. The lowest BCUT2D eigenvalue weighted by Gasteiger charge is -2.09. The Morgan fingerprint density at radius 1 is 1.11 bits per heavy atom. The molecule has 2 heterocycles. The molecule has 1 aromatic carbocycles. The average molecular weight is 270 g/mol. The molecule has 4 nitrogen and oxygen atoms in total. The summed E-state index contributed by atoms with van der Waals surface area (Å²) in [4.78, 5) is 4.26. The standard InChI is InChI=1S/C14H14N4S/c1-2-5-13(18-8-3-6-17-18)12(4-1)10-15-11-14-16-7-9-19-14/h1-9,15H,10-11H2. The van der Waals surface area contributed by atoms with Crippen LogP contribution in [0.2, 0.25) is 0 Å². The highest BCUT2D eigenvalue weighted by atomic mass is 32.1. The van der Waals surface area contributed by atoms with E-state index < -0.39 is 0 Å². The zero-order valence-corrected chi connectivity index (χ0v) is 11.2. The molecule has 0 unspecified atom stereocenters. The minimum atomic E-state index is 0.797. The SMILES string of the molecule is c1ccc(-n2cccn2)c(CNCc2nccs2)c1. The number of hydrogen-bond acceptors (Lipinski definition) is 4. The van der Waals surface area contributed by atoms with Gasteiger partial charge in [0.2, 0.25) is 0 Å². The molecule has 1 N–H and O–H groups in total. The van der Waals surface area contributed by atoms with E-state index in [0.29, 0.717) is 0 Å². The summed E-state index contributed by atoms with van der Waals surface area (Å²) in [5, 5.41) is 10.8. The number of para-hydroxylation sites is 1. The Bertz CT molecular complexity index is 617. The number of benzene rings is 1. The van der Waals surface area contributed by atoms with Crippen molar-refractivity contribution in [3.05, 3.63) is 64.9 Å². The third-order valence-corrected chi connectivity index (χ3v) is 3.60. The Morgan fingerprint density at radius 2 is 2.05 bits per heavy atom. The molecular weight excluding hydrogens is 256 g/mol. The summed E-state index contributed by atoms with van der Waals surface area (Å²) < 4.78 is 1.89. The lowest BCUT2D eigenvalue weighted by molar-refractivity contribution is 0.683. The number of thiazole rings is 1. The molecular formula is C14H14N4S. The minimum absolute atomic E-state index is 0.797. The molecule has 0 spiro atoms. The normalized spacial score (nSPS) is 10.7. The van der Waals surface area contributed by atoms with Crippen molar-refractivity contribution in [2.75, 3.05) is 0 Å². The average Bonchev–Trinajstić information content (AvgIpc) is 3.12. The van der Waals surface area contributed by atoms with Gasteiger partial charge in [-0.15, -0.1) is 11.3 Å². The van der Waals surface area contributed by atoms with Crippen molar-refractivity contribution < 1.29 is 0 Å². The first-order valence-corrected chi connectivity index (χ1v) is 6.98. The maximum absolute atomic E-state index is 4.28. The molecule has 3 aromatic rings. The van der Waals surface area contributed by atoms with Gasteiger partial charge in [0.05, 0.1) is 5.69 Å². The van der Waals surface area contributed by atoms with Crippen LogP contribution in [0.3, 0.4) is 0 Å². The van der Waals surface area contributed by atoms with Crippen LogP contribution in [0.15, 0.2) is 54.3 Å². The van der Waals surface area contributed by atoms with Crippen LogP contribution in [0.1, 0.15) is 10.6 Å². The van der Waals surface area contributed by atoms with Gasteiger partial charge >= 0.3 is 0 Å². The Hall–Kier alpha value is -1.98. The Kier molecular flexibility index (Phi) is 3.67. The first-order chi connectivity index (χ1) is 9.43.